The van der Waals surface area contributed by atoms with E-state index in [-0.39, 0.29) is 0 Å². The molecule has 2 aromatic carbocycles. The molecule has 0 aliphatic rings. The zero-order chi connectivity index (χ0) is 17.9. The predicted octanol–water partition coefficient (Wildman–Crippen LogP) is 3.65. The molecule has 0 unspecified atom stereocenters. The molecule has 0 atom stereocenters. The lowest BCUT2D eigenvalue weighted by Crippen LogP contribution is -2.36. The lowest BCUT2D eigenvalue weighted by atomic mass is 9.88. The number of hydrogen-bond acceptors (Lipinski definition) is 4. The van der Waals surface area contributed by atoms with E-state index in [2.05, 4.69) is 15.3 Å². The summed E-state index contributed by atoms with van der Waals surface area (Å²) >= 11 is 0. The predicted molar refractivity (Wildman–Crippen MR) is 99.4 cm³/mol. The van der Waals surface area contributed by atoms with Crippen LogP contribution in [-0.2, 0) is 10.2 Å². The van der Waals surface area contributed by atoms with Crippen molar-refractivity contribution in [2.75, 3.05) is 5.32 Å². The number of carbonyl (C=O) groups excluding carboxylic acids is 1. The Morgan fingerprint density at radius 1 is 0.960 bits per heavy atom. The van der Waals surface area contributed by atoms with Gasteiger partial charge in [0.15, 0.2) is 5.82 Å². The number of aromatic nitrogens is 2. The monoisotopic (exact) mass is 332 g/mol. The summed E-state index contributed by atoms with van der Waals surface area (Å²) < 4.78 is 0. The molecule has 1 heterocycles. The first-order valence-corrected chi connectivity index (χ1v) is 8.04. The quantitative estimate of drug-likeness (QED) is 0.747. The lowest BCUT2D eigenvalue weighted by molar-refractivity contribution is -0.122. The molecular formula is C20H20N4O. The van der Waals surface area contributed by atoms with Crippen LogP contribution in [0.4, 0.5) is 11.5 Å². The Hall–Kier alpha value is -3.21. The first kappa shape index (κ1) is 16.6. The number of rotatable bonds is 5. The average Bonchev–Trinajstić information content (AvgIpc) is 2.63. The Morgan fingerprint density at radius 3 is 2.16 bits per heavy atom. The summed E-state index contributed by atoms with van der Waals surface area (Å²) in [6.45, 7) is 3.53. The molecule has 3 rings (SSSR count). The van der Waals surface area contributed by atoms with Crippen LogP contribution in [0.25, 0.3) is 11.4 Å². The van der Waals surface area contributed by atoms with Gasteiger partial charge in [-0.3, -0.25) is 4.79 Å². The Morgan fingerprint density at radius 2 is 1.56 bits per heavy atom. The molecule has 0 saturated carbocycles. The molecular weight excluding hydrogens is 312 g/mol. The van der Waals surface area contributed by atoms with Gasteiger partial charge in [-0.15, -0.1) is 0 Å². The fraction of sp³-hybridized carbons (Fsp3) is 0.150. The minimum Gasteiger partial charge on any atom is -0.369 e. The summed E-state index contributed by atoms with van der Waals surface area (Å²) in [6.07, 6.45) is 0. The number of para-hydroxylation sites is 1. The van der Waals surface area contributed by atoms with Crippen molar-refractivity contribution in [3.05, 3.63) is 72.4 Å². The summed E-state index contributed by atoms with van der Waals surface area (Å²) in [5, 5.41) is 3.26. The van der Waals surface area contributed by atoms with Crippen molar-refractivity contribution in [3.63, 3.8) is 0 Å². The smallest absolute Gasteiger partial charge is 0.229 e. The largest absolute Gasteiger partial charge is 0.369 e. The molecule has 25 heavy (non-hydrogen) atoms. The second-order valence-corrected chi connectivity index (χ2v) is 6.31. The van der Waals surface area contributed by atoms with Gasteiger partial charge in [-0.2, -0.15) is 0 Å². The highest BCUT2D eigenvalue weighted by atomic mass is 16.1. The van der Waals surface area contributed by atoms with Crippen molar-refractivity contribution in [2.24, 2.45) is 5.73 Å². The number of hydrogen-bond donors (Lipinski definition) is 2. The van der Waals surface area contributed by atoms with E-state index < -0.39 is 11.3 Å². The van der Waals surface area contributed by atoms with Crippen LogP contribution in [-0.4, -0.2) is 15.9 Å². The number of benzene rings is 2. The average molecular weight is 332 g/mol. The van der Waals surface area contributed by atoms with E-state index in [4.69, 9.17) is 5.73 Å². The topological polar surface area (TPSA) is 80.9 Å². The number of nitrogens with two attached hydrogens (primary N) is 1. The van der Waals surface area contributed by atoms with Crippen LogP contribution in [0.5, 0.6) is 0 Å². The van der Waals surface area contributed by atoms with E-state index in [1.807, 2.05) is 60.7 Å². The molecule has 3 aromatic rings. The van der Waals surface area contributed by atoms with E-state index in [1.54, 1.807) is 19.9 Å². The highest BCUT2D eigenvalue weighted by Crippen LogP contribution is 2.27. The van der Waals surface area contributed by atoms with E-state index in [0.717, 1.165) is 11.3 Å². The van der Waals surface area contributed by atoms with Crippen LogP contribution in [0.15, 0.2) is 66.7 Å². The Labute approximate surface area is 146 Å². The van der Waals surface area contributed by atoms with Gasteiger partial charge in [0, 0.05) is 17.3 Å². The second-order valence-electron chi connectivity index (χ2n) is 6.31. The van der Waals surface area contributed by atoms with Crippen molar-refractivity contribution >= 4 is 17.4 Å². The van der Waals surface area contributed by atoms with Crippen molar-refractivity contribution < 1.29 is 4.79 Å². The summed E-state index contributed by atoms with van der Waals surface area (Å²) in [6, 6.07) is 21.1. The molecule has 0 aliphatic carbocycles. The number of anilines is 2. The molecule has 5 nitrogen and oxygen atoms in total. The number of nitrogens with zero attached hydrogens (tertiary/aromatic N) is 2. The number of nitrogens with one attached hydrogen (secondary N) is 1. The van der Waals surface area contributed by atoms with E-state index >= 15 is 0 Å². The standard InChI is InChI=1S/C20H20N4O/c1-20(2,19(21)25)16-13-17(22-15-11-7-4-8-12-15)24-18(23-16)14-9-5-3-6-10-14/h3-13H,1-2H3,(H2,21,25)(H,22,23,24). The lowest BCUT2D eigenvalue weighted by Gasteiger charge is -2.21. The third kappa shape index (κ3) is 3.66. The number of amides is 1. The first-order valence-electron chi connectivity index (χ1n) is 8.04. The van der Waals surface area contributed by atoms with Crippen LogP contribution in [0, 0.1) is 0 Å². The van der Waals surface area contributed by atoms with Crippen LogP contribution in [0.3, 0.4) is 0 Å². The number of primary amides is 1. The summed E-state index contributed by atoms with van der Waals surface area (Å²) in [4.78, 5) is 21.1. The second kappa shape index (κ2) is 6.73. The Bertz CT molecular complexity index is 877. The fourth-order valence-corrected chi connectivity index (χ4v) is 2.34. The molecule has 3 N–H and O–H groups in total. The van der Waals surface area contributed by atoms with Gasteiger partial charge >= 0.3 is 0 Å². The highest BCUT2D eigenvalue weighted by molar-refractivity contribution is 5.85. The van der Waals surface area contributed by atoms with Crippen LogP contribution in [0.1, 0.15) is 19.5 Å². The summed E-state index contributed by atoms with van der Waals surface area (Å²) in [5.41, 5.74) is 7.03. The molecule has 0 radical (unpaired) electrons. The van der Waals surface area contributed by atoms with Gasteiger partial charge in [-0.1, -0.05) is 48.5 Å². The van der Waals surface area contributed by atoms with E-state index in [0.29, 0.717) is 17.3 Å². The molecule has 0 aliphatic heterocycles. The summed E-state index contributed by atoms with van der Waals surface area (Å²) in [7, 11) is 0. The SMILES string of the molecule is CC(C)(C(N)=O)c1cc(Nc2ccccc2)nc(-c2ccccc2)n1. The minimum atomic E-state index is -0.903. The van der Waals surface area contributed by atoms with Gasteiger partial charge in [-0.25, -0.2) is 9.97 Å². The molecule has 0 spiro atoms. The van der Waals surface area contributed by atoms with Crippen LogP contribution >= 0.6 is 0 Å². The first-order chi connectivity index (χ1) is 12.0. The van der Waals surface area contributed by atoms with Crippen molar-refractivity contribution in [1.82, 2.24) is 9.97 Å². The molecule has 5 heteroatoms. The molecule has 126 valence electrons. The van der Waals surface area contributed by atoms with Gasteiger partial charge in [-0.05, 0) is 26.0 Å². The molecule has 1 aromatic heterocycles. The van der Waals surface area contributed by atoms with Gasteiger partial charge in [0.05, 0.1) is 11.1 Å². The van der Waals surface area contributed by atoms with E-state index in [1.165, 1.54) is 0 Å². The zero-order valence-electron chi connectivity index (χ0n) is 14.2. The van der Waals surface area contributed by atoms with E-state index in [9.17, 15) is 4.79 Å². The molecule has 1 amide bonds. The van der Waals surface area contributed by atoms with Gasteiger partial charge in [0.1, 0.15) is 5.82 Å². The van der Waals surface area contributed by atoms with Gasteiger partial charge < -0.3 is 11.1 Å². The normalized spacial score (nSPS) is 11.1. The maximum Gasteiger partial charge on any atom is 0.229 e. The van der Waals surface area contributed by atoms with Gasteiger partial charge in [0.25, 0.3) is 0 Å². The highest BCUT2D eigenvalue weighted by Gasteiger charge is 2.30. The number of carbonyl (C=O) groups is 1. The summed E-state index contributed by atoms with van der Waals surface area (Å²) in [5.74, 6) is 0.728. The maximum atomic E-state index is 11.9. The maximum absolute atomic E-state index is 11.9. The zero-order valence-corrected chi connectivity index (χ0v) is 14.2. The third-order valence-electron chi connectivity index (χ3n) is 4.06. The van der Waals surface area contributed by atoms with Crippen LogP contribution in [0.2, 0.25) is 0 Å². The Kier molecular flexibility index (Phi) is 4.48. The molecule has 0 fully saturated rings. The molecule has 0 saturated heterocycles. The van der Waals surface area contributed by atoms with Crippen molar-refractivity contribution in [1.29, 1.82) is 0 Å². The Balaban J connectivity index is 2.10. The van der Waals surface area contributed by atoms with Crippen molar-refractivity contribution in [3.8, 4) is 11.4 Å². The molecule has 0 bridgehead atoms. The van der Waals surface area contributed by atoms with Crippen molar-refractivity contribution in [2.45, 2.75) is 19.3 Å². The third-order valence-corrected chi connectivity index (χ3v) is 4.06. The minimum absolute atomic E-state index is 0.434. The van der Waals surface area contributed by atoms with Crippen LogP contribution < -0.4 is 11.1 Å². The fourth-order valence-electron chi connectivity index (χ4n) is 2.34. The van der Waals surface area contributed by atoms with Gasteiger partial charge in [0.2, 0.25) is 5.91 Å².